The highest BCUT2D eigenvalue weighted by Crippen LogP contribution is 2.36. The number of rotatable bonds is 12. The molecule has 3 aliphatic rings. The van der Waals surface area contributed by atoms with Crippen LogP contribution in [0.2, 0.25) is 0 Å². The summed E-state index contributed by atoms with van der Waals surface area (Å²) in [5.41, 5.74) is 4.15. The van der Waals surface area contributed by atoms with Crippen LogP contribution in [0.25, 0.3) is 0 Å². The summed E-state index contributed by atoms with van der Waals surface area (Å²) >= 11 is 2.01. The maximum Gasteiger partial charge on any atom is 0.205 e. The first kappa shape index (κ1) is 30.3. The third-order valence-corrected chi connectivity index (χ3v) is 9.46. The minimum absolute atomic E-state index is 0.148. The van der Waals surface area contributed by atoms with Crippen LogP contribution in [0.3, 0.4) is 0 Å². The monoisotopic (exact) mass is 605 g/mol. The molecule has 1 aliphatic carbocycles. The van der Waals surface area contributed by atoms with E-state index in [4.69, 9.17) is 23.7 Å². The molecule has 2 atom stereocenters. The van der Waals surface area contributed by atoms with Gasteiger partial charge in [0.2, 0.25) is 5.79 Å². The lowest BCUT2D eigenvalue weighted by atomic mass is 10.0. The molecule has 2 aliphatic heterocycles. The second-order valence-electron chi connectivity index (χ2n) is 12.1. The van der Waals surface area contributed by atoms with Crippen molar-refractivity contribution in [1.29, 1.82) is 0 Å². The molecule has 7 nitrogen and oxygen atoms in total. The van der Waals surface area contributed by atoms with E-state index in [0.717, 1.165) is 52.2 Å². The van der Waals surface area contributed by atoms with Gasteiger partial charge in [-0.2, -0.15) is 0 Å². The minimum Gasteiger partial charge on any atom is -0.486 e. The molecule has 0 aromatic heterocycles. The van der Waals surface area contributed by atoms with Crippen LogP contribution in [0.5, 0.6) is 17.2 Å². The Morgan fingerprint density at radius 1 is 1.00 bits per heavy atom. The minimum atomic E-state index is -0.628. The van der Waals surface area contributed by atoms with Gasteiger partial charge in [-0.25, -0.2) is 0 Å². The molecule has 3 aromatic rings. The van der Waals surface area contributed by atoms with Crippen LogP contribution >= 0.6 is 11.8 Å². The molecule has 0 unspecified atom stereocenters. The molecule has 2 N–H and O–H groups in total. The average Bonchev–Trinajstić information content (AvgIpc) is 3.51. The fourth-order valence-corrected chi connectivity index (χ4v) is 7.10. The second-order valence-corrected chi connectivity index (χ2v) is 13.5. The third-order valence-electron chi connectivity index (χ3n) is 8.13. The first-order valence-corrected chi connectivity index (χ1v) is 16.4. The smallest absolute Gasteiger partial charge is 0.205 e. The Morgan fingerprint density at radius 3 is 2.74 bits per heavy atom. The lowest BCUT2D eigenvalue weighted by Crippen LogP contribution is -2.35. The van der Waals surface area contributed by atoms with Crippen molar-refractivity contribution in [3.63, 3.8) is 0 Å². The molecule has 0 bridgehead atoms. The van der Waals surface area contributed by atoms with Crippen molar-refractivity contribution in [2.45, 2.75) is 87.3 Å². The van der Waals surface area contributed by atoms with Crippen molar-refractivity contribution in [2.24, 2.45) is 0 Å². The van der Waals surface area contributed by atoms with E-state index in [-0.39, 0.29) is 6.10 Å². The molecular weight excluding hydrogens is 562 g/mol. The van der Waals surface area contributed by atoms with Crippen molar-refractivity contribution in [2.75, 3.05) is 26.3 Å². The van der Waals surface area contributed by atoms with Gasteiger partial charge in [-0.1, -0.05) is 37.1 Å². The van der Waals surface area contributed by atoms with Crippen LogP contribution in [0.1, 0.15) is 67.9 Å². The Bertz CT molecular complexity index is 1370. The van der Waals surface area contributed by atoms with Gasteiger partial charge in [0.1, 0.15) is 12.4 Å². The Labute approximate surface area is 259 Å². The number of fused-ring (bicyclic) bond motifs is 2. The van der Waals surface area contributed by atoms with Gasteiger partial charge in [0.25, 0.3) is 0 Å². The molecule has 2 heterocycles. The molecule has 0 spiro atoms. The van der Waals surface area contributed by atoms with Gasteiger partial charge in [0.05, 0.1) is 25.9 Å². The zero-order valence-electron chi connectivity index (χ0n) is 25.2. The Balaban J connectivity index is 0.929. The SMILES string of the molecule is CC1(C)OCc2cc([C@@H](O)CNCCc3ccc4c(c3)O[C@H](COCc3cccc(SC5CCCC5)c3)CO4)ccc2O1. The highest BCUT2D eigenvalue weighted by atomic mass is 32.2. The number of aliphatic hydroxyl groups is 1. The Hall–Kier alpha value is -2.75. The number of benzene rings is 3. The van der Waals surface area contributed by atoms with Crippen molar-refractivity contribution in [3.8, 4) is 17.2 Å². The van der Waals surface area contributed by atoms with E-state index in [2.05, 4.69) is 35.6 Å². The van der Waals surface area contributed by atoms with E-state index in [1.807, 2.05) is 55.9 Å². The van der Waals surface area contributed by atoms with E-state index in [9.17, 15) is 5.11 Å². The first-order chi connectivity index (χ1) is 20.9. The quantitative estimate of drug-likeness (QED) is 0.224. The maximum atomic E-state index is 10.7. The van der Waals surface area contributed by atoms with Gasteiger partial charge in [-0.3, -0.25) is 0 Å². The normalized spacial score (nSPS) is 19.9. The molecule has 0 saturated heterocycles. The summed E-state index contributed by atoms with van der Waals surface area (Å²) in [5, 5.41) is 14.9. The molecule has 0 amide bonds. The number of ether oxygens (including phenoxy) is 5. The summed E-state index contributed by atoms with van der Waals surface area (Å²) in [6.45, 7) is 6.97. The Morgan fingerprint density at radius 2 is 1.86 bits per heavy atom. The van der Waals surface area contributed by atoms with Crippen LogP contribution in [-0.4, -0.2) is 48.6 Å². The van der Waals surface area contributed by atoms with Crippen LogP contribution in [0, 0.1) is 0 Å². The number of thioether (sulfide) groups is 1. The van der Waals surface area contributed by atoms with E-state index in [0.29, 0.717) is 33.0 Å². The number of aliphatic hydroxyl groups excluding tert-OH is 1. The summed E-state index contributed by atoms with van der Waals surface area (Å²) < 4.78 is 29.9. The summed E-state index contributed by atoms with van der Waals surface area (Å²) in [6, 6.07) is 20.6. The van der Waals surface area contributed by atoms with E-state index in [1.54, 1.807) is 0 Å². The molecule has 1 saturated carbocycles. The van der Waals surface area contributed by atoms with Gasteiger partial charge in [-0.15, -0.1) is 11.8 Å². The molecule has 8 heteroatoms. The molecule has 230 valence electrons. The largest absolute Gasteiger partial charge is 0.486 e. The van der Waals surface area contributed by atoms with Gasteiger partial charge in [0.15, 0.2) is 17.6 Å². The van der Waals surface area contributed by atoms with Crippen LogP contribution in [0.15, 0.2) is 65.6 Å². The van der Waals surface area contributed by atoms with Gasteiger partial charge >= 0.3 is 0 Å². The molecule has 0 radical (unpaired) electrons. The van der Waals surface area contributed by atoms with Crippen LogP contribution in [0.4, 0.5) is 0 Å². The van der Waals surface area contributed by atoms with Crippen molar-refractivity contribution < 1.29 is 28.8 Å². The summed E-state index contributed by atoms with van der Waals surface area (Å²) in [5.74, 6) is 1.71. The zero-order valence-corrected chi connectivity index (χ0v) is 26.0. The molecule has 3 aromatic carbocycles. The Kier molecular flexibility index (Phi) is 9.80. The fourth-order valence-electron chi connectivity index (χ4n) is 5.77. The van der Waals surface area contributed by atoms with Gasteiger partial charge in [-0.05, 0) is 78.9 Å². The highest BCUT2D eigenvalue weighted by Gasteiger charge is 2.28. The zero-order chi connectivity index (χ0) is 29.6. The first-order valence-electron chi connectivity index (χ1n) is 15.5. The van der Waals surface area contributed by atoms with Gasteiger partial charge < -0.3 is 34.1 Å². The summed E-state index contributed by atoms with van der Waals surface area (Å²) in [6.07, 6.45) is 5.42. The van der Waals surface area contributed by atoms with Crippen molar-refractivity contribution in [3.05, 3.63) is 82.9 Å². The van der Waals surface area contributed by atoms with Crippen LogP contribution < -0.4 is 19.5 Å². The average molecular weight is 606 g/mol. The topological polar surface area (TPSA) is 78.4 Å². The second kappa shape index (κ2) is 13.9. The summed E-state index contributed by atoms with van der Waals surface area (Å²) in [7, 11) is 0. The van der Waals surface area contributed by atoms with E-state index >= 15 is 0 Å². The maximum absolute atomic E-state index is 10.7. The van der Waals surface area contributed by atoms with E-state index in [1.165, 1.54) is 36.1 Å². The predicted molar refractivity (Wildman–Crippen MR) is 168 cm³/mol. The van der Waals surface area contributed by atoms with Crippen molar-refractivity contribution >= 4 is 11.8 Å². The molecule has 6 rings (SSSR count). The number of hydrogen-bond acceptors (Lipinski definition) is 8. The lowest BCUT2D eigenvalue weighted by Gasteiger charge is -2.33. The third kappa shape index (κ3) is 8.25. The van der Waals surface area contributed by atoms with E-state index < -0.39 is 11.9 Å². The molecule has 1 fully saturated rings. The highest BCUT2D eigenvalue weighted by molar-refractivity contribution is 8.00. The fraction of sp³-hybridized carbons (Fsp3) is 0.486. The standard InChI is InChI=1S/C35H43NO6S/c1-35(2)40-21-27-18-26(11-13-32(27)42-35)31(37)19-36-15-14-24-10-12-33-34(17-24)41-28(23-39-33)22-38-20-25-6-5-9-30(16-25)43-29-7-3-4-8-29/h5-6,9-13,16-18,28-29,31,36-37H,3-4,7-8,14-15,19-23H2,1-2H3/t28-,31+/m1/s1. The summed E-state index contributed by atoms with van der Waals surface area (Å²) in [4.78, 5) is 1.34. The number of hydrogen-bond donors (Lipinski definition) is 2. The molecular formula is C35H43NO6S. The lowest BCUT2D eigenvalue weighted by molar-refractivity contribution is -0.180. The number of nitrogens with one attached hydrogen (secondary N) is 1. The van der Waals surface area contributed by atoms with Crippen molar-refractivity contribution in [1.82, 2.24) is 5.32 Å². The predicted octanol–water partition coefficient (Wildman–Crippen LogP) is 6.59. The molecule has 43 heavy (non-hydrogen) atoms. The van der Waals surface area contributed by atoms with Crippen LogP contribution in [-0.2, 0) is 29.1 Å². The van der Waals surface area contributed by atoms with Gasteiger partial charge in [0, 0.05) is 36.1 Å².